The van der Waals surface area contributed by atoms with Crippen molar-refractivity contribution in [2.75, 3.05) is 5.73 Å². The summed E-state index contributed by atoms with van der Waals surface area (Å²) in [5.41, 5.74) is 4.62. The number of alkyl halides is 2. The van der Waals surface area contributed by atoms with Gasteiger partial charge in [-0.3, -0.25) is 4.98 Å². The quantitative estimate of drug-likeness (QED) is 0.834. The van der Waals surface area contributed by atoms with E-state index in [9.17, 15) is 8.78 Å². The van der Waals surface area contributed by atoms with Gasteiger partial charge in [-0.05, 0) is 27.7 Å². The van der Waals surface area contributed by atoms with E-state index in [2.05, 4.69) is 4.98 Å². The minimum atomic E-state index is -2.68. The van der Waals surface area contributed by atoms with Crippen LogP contribution in [0.4, 0.5) is 14.5 Å². The second kappa shape index (κ2) is 4.42. The molecule has 7 heteroatoms. The van der Waals surface area contributed by atoms with Gasteiger partial charge in [0, 0.05) is 23.4 Å². The highest BCUT2D eigenvalue weighted by molar-refractivity contribution is 6.64. The average Bonchev–Trinajstić information content (AvgIpc) is 2.47. The zero-order valence-electron chi connectivity index (χ0n) is 11.4. The van der Waals surface area contributed by atoms with Crippen molar-refractivity contribution in [1.29, 1.82) is 0 Å². The lowest BCUT2D eigenvalue weighted by molar-refractivity contribution is 0.00578. The second-order valence-electron chi connectivity index (χ2n) is 5.62. The van der Waals surface area contributed by atoms with Gasteiger partial charge in [-0.2, -0.15) is 0 Å². The zero-order chi connectivity index (χ0) is 14.4. The van der Waals surface area contributed by atoms with Crippen molar-refractivity contribution in [1.82, 2.24) is 4.98 Å². The molecule has 2 heterocycles. The molecule has 2 N–H and O–H groups in total. The number of pyridine rings is 1. The van der Waals surface area contributed by atoms with Gasteiger partial charge in [-0.1, -0.05) is 0 Å². The molecule has 1 fully saturated rings. The molecule has 0 amide bonds. The molecule has 0 bridgehead atoms. The number of aromatic nitrogens is 1. The van der Waals surface area contributed by atoms with Crippen molar-refractivity contribution >= 4 is 18.3 Å². The monoisotopic (exact) mass is 270 g/mol. The van der Waals surface area contributed by atoms with Gasteiger partial charge in [0.1, 0.15) is 0 Å². The Kier molecular flexibility index (Phi) is 3.30. The molecule has 1 aromatic rings. The molecule has 2 rings (SSSR count). The molecule has 0 aromatic carbocycles. The predicted molar refractivity (Wildman–Crippen MR) is 69.3 cm³/mol. The average molecular weight is 270 g/mol. The normalized spacial score (nSPS) is 21.1. The fourth-order valence-corrected chi connectivity index (χ4v) is 1.91. The highest BCUT2D eigenvalue weighted by Gasteiger charge is 2.53. The molecule has 1 aliphatic rings. The molecule has 104 valence electrons. The van der Waals surface area contributed by atoms with Crippen molar-refractivity contribution in [3.63, 3.8) is 0 Å². The van der Waals surface area contributed by atoms with E-state index in [-0.39, 0.29) is 16.7 Å². The summed E-state index contributed by atoms with van der Waals surface area (Å²) in [6.45, 7) is 7.41. The van der Waals surface area contributed by atoms with Gasteiger partial charge in [-0.15, -0.1) is 0 Å². The van der Waals surface area contributed by atoms with E-state index >= 15 is 0 Å². The minimum absolute atomic E-state index is 0.149. The smallest absolute Gasteiger partial charge is 0.399 e. The van der Waals surface area contributed by atoms with E-state index in [0.717, 1.165) is 6.20 Å². The van der Waals surface area contributed by atoms with Gasteiger partial charge < -0.3 is 15.0 Å². The number of nitrogens with zero attached hydrogens (tertiary/aromatic N) is 1. The Hall–Kier alpha value is -1.21. The fourth-order valence-electron chi connectivity index (χ4n) is 1.91. The Balaban J connectivity index is 2.45. The highest BCUT2D eigenvalue weighted by Crippen LogP contribution is 2.37. The number of hydrogen-bond acceptors (Lipinski definition) is 4. The second-order valence-corrected chi connectivity index (χ2v) is 5.62. The fraction of sp³-hybridized carbons (Fsp3) is 0.583. The maximum absolute atomic E-state index is 13.0. The molecule has 0 aliphatic carbocycles. The summed E-state index contributed by atoms with van der Waals surface area (Å²) < 4.78 is 37.6. The number of nitrogens with two attached hydrogens (primary N) is 1. The van der Waals surface area contributed by atoms with Crippen LogP contribution in [0.15, 0.2) is 12.4 Å². The molecule has 0 unspecified atom stereocenters. The first-order chi connectivity index (χ1) is 8.66. The maximum atomic E-state index is 13.0. The van der Waals surface area contributed by atoms with Crippen LogP contribution < -0.4 is 11.2 Å². The summed E-state index contributed by atoms with van der Waals surface area (Å²) in [4.78, 5) is 3.69. The Morgan fingerprint density at radius 2 is 1.68 bits per heavy atom. The van der Waals surface area contributed by atoms with Crippen LogP contribution in [0, 0.1) is 0 Å². The van der Waals surface area contributed by atoms with Crippen LogP contribution in [0.2, 0.25) is 0 Å². The first kappa shape index (κ1) is 14.2. The third kappa shape index (κ3) is 2.32. The largest absolute Gasteiger partial charge is 0.497 e. The van der Waals surface area contributed by atoms with E-state index in [0.29, 0.717) is 0 Å². The van der Waals surface area contributed by atoms with Crippen molar-refractivity contribution in [2.45, 2.75) is 45.3 Å². The SMILES string of the molecule is CC1(C)OB(c2c(N)cncc2C(F)F)OC1(C)C. The molecule has 1 aromatic heterocycles. The van der Waals surface area contributed by atoms with Crippen LogP contribution in [0.3, 0.4) is 0 Å². The topological polar surface area (TPSA) is 57.4 Å². The van der Waals surface area contributed by atoms with E-state index in [1.54, 1.807) is 0 Å². The predicted octanol–water partition coefficient (Wildman–Crippen LogP) is 1.90. The summed E-state index contributed by atoms with van der Waals surface area (Å²) in [5, 5.41) is 0. The molecule has 4 nitrogen and oxygen atoms in total. The Bertz CT molecular complexity index is 479. The highest BCUT2D eigenvalue weighted by atomic mass is 19.3. The van der Waals surface area contributed by atoms with E-state index in [4.69, 9.17) is 15.0 Å². The van der Waals surface area contributed by atoms with Crippen molar-refractivity contribution in [3.05, 3.63) is 18.0 Å². The van der Waals surface area contributed by atoms with Gasteiger partial charge in [0.2, 0.25) is 0 Å². The van der Waals surface area contributed by atoms with E-state index < -0.39 is 24.7 Å². The molecule has 0 saturated carbocycles. The standard InChI is InChI=1S/C12H17BF2N2O2/c1-11(2)12(3,4)19-13(18-11)9-7(10(14)15)5-17-6-8(9)16/h5-6,10H,16H2,1-4H3. The van der Waals surface area contributed by atoms with Gasteiger partial charge in [0.25, 0.3) is 6.43 Å². The lowest BCUT2D eigenvalue weighted by Gasteiger charge is -2.32. The first-order valence-electron chi connectivity index (χ1n) is 6.03. The summed E-state index contributed by atoms with van der Waals surface area (Å²) in [5.74, 6) is 0. The molecule has 0 atom stereocenters. The number of hydrogen-bond donors (Lipinski definition) is 1. The molecule has 19 heavy (non-hydrogen) atoms. The number of halogens is 2. The molecular formula is C12H17BF2N2O2. The Morgan fingerprint density at radius 3 is 2.16 bits per heavy atom. The first-order valence-corrected chi connectivity index (χ1v) is 6.03. The zero-order valence-corrected chi connectivity index (χ0v) is 11.4. The van der Waals surface area contributed by atoms with Gasteiger partial charge in [0.05, 0.1) is 16.9 Å². The van der Waals surface area contributed by atoms with Crippen molar-refractivity contribution in [2.24, 2.45) is 0 Å². The lowest BCUT2D eigenvalue weighted by atomic mass is 9.75. The van der Waals surface area contributed by atoms with E-state index in [1.807, 2.05) is 27.7 Å². The van der Waals surface area contributed by atoms with E-state index in [1.165, 1.54) is 6.20 Å². The number of anilines is 1. The summed E-state index contributed by atoms with van der Waals surface area (Å²) in [7, 11) is -0.906. The van der Waals surface area contributed by atoms with Crippen molar-refractivity contribution in [3.8, 4) is 0 Å². The van der Waals surface area contributed by atoms with Gasteiger partial charge in [-0.25, -0.2) is 8.78 Å². The maximum Gasteiger partial charge on any atom is 0.497 e. The minimum Gasteiger partial charge on any atom is -0.399 e. The van der Waals surface area contributed by atoms with Crippen LogP contribution in [0.25, 0.3) is 0 Å². The molecule has 1 saturated heterocycles. The Morgan fingerprint density at radius 1 is 1.16 bits per heavy atom. The number of nitrogen functional groups attached to an aromatic ring is 1. The Labute approximate surface area is 111 Å². The van der Waals surface area contributed by atoms with Crippen molar-refractivity contribution < 1.29 is 18.1 Å². The van der Waals surface area contributed by atoms with Crippen LogP contribution in [0.5, 0.6) is 0 Å². The lowest BCUT2D eigenvalue weighted by Crippen LogP contribution is -2.41. The summed E-state index contributed by atoms with van der Waals surface area (Å²) in [6.07, 6.45) is -0.252. The van der Waals surface area contributed by atoms with Gasteiger partial charge in [0.15, 0.2) is 0 Å². The summed E-state index contributed by atoms with van der Waals surface area (Å²) >= 11 is 0. The van der Waals surface area contributed by atoms with Crippen LogP contribution in [-0.2, 0) is 9.31 Å². The molecule has 0 radical (unpaired) electrons. The van der Waals surface area contributed by atoms with Crippen LogP contribution in [0.1, 0.15) is 39.7 Å². The van der Waals surface area contributed by atoms with Crippen LogP contribution >= 0.6 is 0 Å². The third-order valence-corrected chi connectivity index (χ3v) is 3.77. The molecular weight excluding hydrogens is 253 g/mol. The summed E-state index contributed by atoms with van der Waals surface area (Å²) in [6, 6.07) is 0. The third-order valence-electron chi connectivity index (χ3n) is 3.77. The van der Waals surface area contributed by atoms with Gasteiger partial charge >= 0.3 is 7.12 Å². The number of rotatable bonds is 2. The van der Waals surface area contributed by atoms with Crippen LogP contribution in [-0.4, -0.2) is 23.3 Å². The molecule has 1 aliphatic heterocycles. The molecule has 0 spiro atoms.